The molecule has 3 rings (SSSR count). The van der Waals surface area contributed by atoms with Gasteiger partial charge in [-0.05, 0) is 48.4 Å². The standard InChI is InChI=1S/C24H29N3O4/c1-16(2)22(27-24(30)25-18-11-4-3-5-12-18)23(29)31-15-21(28)26-20-14-8-10-17-9-6-7-13-19(17)20/h3-7,9,11-13,16,20,22H,8,10,14-15H2,1-2H3,(H,26,28)(H2,25,27,30)/t20-,22+/m0/s1. The largest absolute Gasteiger partial charge is 0.454 e. The van der Waals surface area contributed by atoms with Crippen LogP contribution in [0.2, 0.25) is 0 Å². The van der Waals surface area contributed by atoms with Gasteiger partial charge in [-0.15, -0.1) is 0 Å². The van der Waals surface area contributed by atoms with E-state index in [1.807, 2.05) is 24.3 Å². The highest BCUT2D eigenvalue weighted by atomic mass is 16.5. The Kier molecular flexibility index (Phi) is 7.65. The summed E-state index contributed by atoms with van der Waals surface area (Å²) in [6.45, 7) is 3.21. The van der Waals surface area contributed by atoms with Gasteiger partial charge < -0.3 is 20.7 Å². The molecule has 0 heterocycles. The van der Waals surface area contributed by atoms with Gasteiger partial charge in [-0.2, -0.15) is 0 Å². The number of amides is 3. The van der Waals surface area contributed by atoms with Crippen molar-refractivity contribution in [3.63, 3.8) is 0 Å². The molecule has 0 spiro atoms. The van der Waals surface area contributed by atoms with Crippen LogP contribution < -0.4 is 16.0 Å². The first-order valence-electron chi connectivity index (χ1n) is 10.6. The third-order valence-electron chi connectivity index (χ3n) is 5.29. The van der Waals surface area contributed by atoms with Gasteiger partial charge in [-0.25, -0.2) is 9.59 Å². The van der Waals surface area contributed by atoms with E-state index in [0.717, 1.165) is 24.8 Å². The van der Waals surface area contributed by atoms with Crippen molar-refractivity contribution in [1.82, 2.24) is 10.6 Å². The van der Waals surface area contributed by atoms with Crippen molar-refractivity contribution in [2.45, 2.75) is 45.2 Å². The average Bonchev–Trinajstić information content (AvgIpc) is 2.76. The summed E-state index contributed by atoms with van der Waals surface area (Å²) in [5, 5.41) is 8.26. The molecule has 7 nitrogen and oxygen atoms in total. The number of hydrogen-bond acceptors (Lipinski definition) is 4. The molecule has 2 aromatic rings. The number of benzene rings is 2. The third kappa shape index (κ3) is 6.31. The van der Waals surface area contributed by atoms with Crippen LogP contribution in [-0.2, 0) is 20.7 Å². The molecular formula is C24H29N3O4. The number of carbonyl (C=O) groups excluding carboxylic acids is 3. The summed E-state index contributed by atoms with van der Waals surface area (Å²) in [4.78, 5) is 37.2. The van der Waals surface area contributed by atoms with Gasteiger partial charge in [0.25, 0.3) is 5.91 Å². The minimum Gasteiger partial charge on any atom is -0.454 e. The number of nitrogens with one attached hydrogen (secondary N) is 3. The quantitative estimate of drug-likeness (QED) is 0.593. The van der Waals surface area contributed by atoms with Crippen molar-refractivity contribution in [3.8, 4) is 0 Å². The van der Waals surface area contributed by atoms with Gasteiger partial charge >= 0.3 is 12.0 Å². The Morgan fingerprint density at radius 3 is 2.48 bits per heavy atom. The molecule has 0 unspecified atom stereocenters. The van der Waals surface area contributed by atoms with E-state index in [2.05, 4.69) is 22.0 Å². The Labute approximate surface area is 182 Å². The lowest BCUT2D eigenvalue weighted by Crippen LogP contribution is -2.47. The van der Waals surface area contributed by atoms with E-state index in [0.29, 0.717) is 5.69 Å². The number of rotatable bonds is 7. The molecule has 1 aliphatic rings. The van der Waals surface area contributed by atoms with Crippen LogP contribution in [0.1, 0.15) is 43.9 Å². The van der Waals surface area contributed by atoms with Crippen LogP contribution in [-0.4, -0.2) is 30.6 Å². The Balaban J connectivity index is 1.50. The van der Waals surface area contributed by atoms with Gasteiger partial charge in [0, 0.05) is 5.69 Å². The monoisotopic (exact) mass is 423 g/mol. The molecule has 0 radical (unpaired) electrons. The van der Waals surface area contributed by atoms with Gasteiger partial charge in [0.15, 0.2) is 6.61 Å². The Hall–Kier alpha value is -3.35. The maximum atomic E-state index is 12.5. The van der Waals surface area contributed by atoms with Crippen molar-refractivity contribution in [1.29, 1.82) is 0 Å². The number of esters is 1. The van der Waals surface area contributed by atoms with Crippen molar-refractivity contribution in [2.24, 2.45) is 5.92 Å². The third-order valence-corrected chi connectivity index (χ3v) is 5.29. The van der Waals surface area contributed by atoms with E-state index < -0.39 is 18.0 Å². The number of hydrogen-bond donors (Lipinski definition) is 3. The van der Waals surface area contributed by atoms with Crippen molar-refractivity contribution >= 4 is 23.6 Å². The molecular weight excluding hydrogens is 394 g/mol. The lowest BCUT2D eigenvalue weighted by Gasteiger charge is -2.26. The average molecular weight is 424 g/mol. The zero-order valence-corrected chi connectivity index (χ0v) is 17.9. The SMILES string of the molecule is CC(C)[C@@H](NC(=O)Nc1ccccc1)C(=O)OCC(=O)N[C@H]1CCCc2ccccc21. The second-order valence-corrected chi connectivity index (χ2v) is 8.01. The molecule has 3 amide bonds. The van der Waals surface area contributed by atoms with E-state index in [1.54, 1.807) is 38.1 Å². The van der Waals surface area contributed by atoms with Crippen molar-refractivity contribution in [2.75, 3.05) is 11.9 Å². The van der Waals surface area contributed by atoms with E-state index in [-0.39, 0.29) is 24.5 Å². The fourth-order valence-corrected chi connectivity index (χ4v) is 3.69. The molecule has 164 valence electrons. The number of anilines is 1. The Morgan fingerprint density at radius 2 is 1.74 bits per heavy atom. The van der Waals surface area contributed by atoms with Crippen LogP contribution >= 0.6 is 0 Å². The lowest BCUT2D eigenvalue weighted by atomic mass is 9.88. The second kappa shape index (κ2) is 10.6. The van der Waals surface area contributed by atoms with Crippen molar-refractivity contribution in [3.05, 3.63) is 65.7 Å². The van der Waals surface area contributed by atoms with Crippen LogP contribution in [0.15, 0.2) is 54.6 Å². The number of fused-ring (bicyclic) bond motifs is 1. The summed E-state index contributed by atoms with van der Waals surface area (Å²) in [6.07, 6.45) is 2.86. The van der Waals surface area contributed by atoms with Gasteiger partial charge in [0.05, 0.1) is 6.04 Å². The predicted octanol–water partition coefficient (Wildman–Crippen LogP) is 3.57. The molecule has 3 N–H and O–H groups in total. The summed E-state index contributed by atoms with van der Waals surface area (Å²) in [7, 11) is 0. The van der Waals surface area contributed by atoms with Crippen LogP contribution in [0.5, 0.6) is 0 Å². The molecule has 0 fully saturated rings. The smallest absolute Gasteiger partial charge is 0.329 e. The van der Waals surface area contributed by atoms with Gasteiger partial charge in [0.2, 0.25) is 0 Å². The predicted molar refractivity (Wildman–Crippen MR) is 118 cm³/mol. The topological polar surface area (TPSA) is 96.5 Å². The first-order chi connectivity index (χ1) is 14.9. The zero-order chi connectivity index (χ0) is 22.2. The molecule has 0 aromatic heterocycles. The van der Waals surface area contributed by atoms with E-state index >= 15 is 0 Å². The maximum Gasteiger partial charge on any atom is 0.329 e. The fraction of sp³-hybridized carbons (Fsp3) is 0.375. The highest BCUT2D eigenvalue weighted by Crippen LogP contribution is 2.29. The number of aryl methyl sites for hydroxylation is 1. The van der Waals surface area contributed by atoms with Gasteiger partial charge in [-0.1, -0.05) is 56.3 Å². The normalized spacial score (nSPS) is 16.0. The molecule has 2 aromatic carbocycles. The van der Waals surface area contributed by atoms with Gasteiger partial charge in [-0.3, -0.25) is 4.79 Å². The molecule has 0 saturated carbocycles. The highest BCUT2D eigenvalue weighted by Gasteiger charge is 2.27. The molecule has 0 saturated heterocycles. The molecule has 2 atom stereocenters. The first-order valence-corrected chi connectivity index (χ1v) is 10.6. The summed E-state index contributed by atoms with van der Waals surface area (Å²) in [5.41, 5.74) is 2.97. The number of ether oxygens (including phenoxy) is 1. The Bertz CT molecular complexity index is 914. The summed E-state index contributed by atoms with van der Waals surface area (Å²) in [5.74, 6) is -1.20. The lowest BCUT2D eigenvalue weighted by molar-refractivity contribution is -0.151. The maximum absolute atomic E-state index is 12.5. The molecule has 0 aliphatic heterocycles. The second-order valence-electron chi connectivity index (χ2n) is 8.01. The first kappa shape index (κ1) is 22.3. The van der Waals surface area contributed by atoms with Crippen LogP contribution in [0.3, 0.4) is 0 Å². The summed E-state index contributed by atoms with van der Waals surface area (Å²) in [6, 6.07) is 15.5. The minimum absolute atomic E-state index is 0.0770. The van der Waals surface area contributed by atoms with E-state index in [4.69, 9.17) is 4.74 Å². The number of carbonyl (C=O) groups is 3. The highest BCUT2D eigenvalue weighted by molar-refractivity contribution is 5.93. The molecule has 1 aliphatic carbocycles. The van der Waals surface area contributed by atoms with Crippen LogP contribution in [0.4, 0.5) is 10.5 Å². The number of urea groups is 1. The summed E-state index contributed by atoms with van der Waals surface area (Å²) < 4.78 is 5.21. The van der Waals surface area contributed by atoms with Gasteiger partial charge in [0.1, 0.15) is 6.04 Å². The van der Waals surface area contributed by atoms with Crippen LogP contribution in [0, 0.1) is 5.92 Å². The number of para-hydroxylation sites is 1. The fourth-order valence-electron chi connectivity index (χ4n) is 3.69. The van der Waals surface area contributed by atoms with Crippen molar-refractivity contribution < 1.29 is 19.1 Å². The summed E-state index contributed by atoms with van der Waals surface area (Å²) >= 11 is 0. The molecule has 31 heavy (non-hydrogen) atoms. The molecule has 0 bridgehead atoms. The van der Waals surface area contributed by atoms with E-state index in [1.165, 1.54) is 5.56 Å². The minimum atomic E-state index is -0.869. The zero-order valence-electron chi connectivity index (χ0n) is 17.9. The van der Waals surface area contributed by atoms with E-state index in [9.17, 15) is 14.4 Å². The van der Waals surface area contributed by atoms with Crippen LogP contribution in [0.25, 0.3) is 0 Å². The Morgan fingerprint density at radius 1 is 1.03 bits per heavy atom. The molecule has 7 heteroatoms.